The Labute approximate surface area is 102 Å². The number of hydrogen-bond donors (Lipinski definition) is 0. The van der Waals surface area contributed by atoms with Crippen molar-refractivity contribution in [1.82, 2.24) is 14.8 Å². The molecular formula is C12H11F2N3O. The van der Waals surface area contributed by atoms with Crippen LogP contribution in [0, 0.1) is 11.6 Å². The molecule has 2 atom stereocenters. The zero-order valence-electron chi connectivity index (χ0n) is 9.68. The lowest BCUT2D eigenvalue weighted by Crippen LogP contribution is -2.22. The highest BCUT2D eigenvalue weighted by Gasteiger charge is 2.56. The molecule has 0 saturated carbocycles. The van der Waals surface area contributed by atoms with Crippen LogP contribution in [0.5, 0.6) is 0 Å². The van der Waals surface area contributed by atoms with Gasteiger partial charge in [0.25, 0.3) is 0 Å². The lowest BCUT2D eigenvalue weighted by molar-refractivity contribution is 0.257. The summed E-state index contributed by atoms with van der Waals surface area (Å²) < 4.78 is 33.9. The molecule has 0 aliphatic carbocycles. The predicted octanol–water partition coefficient (Wildman–Crippen LogP) is 1.87. The zero-order chi connectivity index (χ0) is 12.8. The molecule has 1 saturated heterocycles. The van der Waals surface area contributed by atoms with Crippen molar-refractivity contribution in [3.8, 4) is 0 Å². The Kier molecular flexibility index (Phi) is 2.41. The van der Waals surface area contributed by atoms with Crippen LogP contribution in [-0.2, 0) is 16.9 Å². The van der Waals surface area contributed by atoms with Gasteiger partial charge in [-0.25, -0.2) is 18.4 Å². The van der Waals surface area contributed by atoms with Crippen molar-refractivity contribution < 1.29 is 13.5 Å². The minimum atomic E-state index is -0.772. The summed E-state index contributed by atoms with van der Waals surface area (Å²) >= 11 is 0. The minimum absolute atomic E-state index is 0.137. The number of aromatic nitrogens is 3. The van der Waals surface area contributed by atoms with E-state index in [9.17, 15) is 8.78 Å². The Morgan fingerprint density at radius 1 is 1.44 bits per heavy atom. The molecule has 18 heavy (non-hydrogen) atoms. The first-order valence-electron chi connectivity index (χ1n) is 5.57. The van der Waals surface area contributed by atoms with Gasteiger partial charge < -0.3 is 4.74 Å². The summed E-state index contributed by atoms with van der Waals surface area (Å²) in [6.07, 6.45) is 2.81. The monoisotopic (exact) mass is 251 g/mol. The van der Waals surface area contributed by atoms with E-state index in [-0.39, 0.29) is 6.10 Å². The van der Waals surface area contributed by atoms with Crippen LogP contribution in [0.1, 0.15) is 12.5 Å². The van der Waals surface area contributed by atoms with E-state index < -0.39 is 17.2 Å². The molecular weight excluding hydrogens is 240 g/mol. The summed E-state index contributed by atoms with van der Waals surface area (Å²) in [4.78, 5) is 3.83. The van der Waals surface area contributed by atoms with Gasteiger partial charge in [0.2, 0.25) is 0 Å². The largest absolute Gasteiger partial charge is 0.359 e. The van der Waals surface area contributed by atoms with Gasteiger partial charge in [-0.3, -0.25) is 0 Å². The summed E-state index contributed by atoms with van der Waals surface area (Å²) in [5, 5.41) is 3.98. The molecule has 4 nitrogen and oxygen atoms in total. The molecule has 0 radical (unpaired) electrons. The SMILES string of the molecule is CC1OC1(Cn1cncn1)c1ccc(F)cc1F. The molecule has 3 rings (SSSR count). The van der Waals surface area contributed by atoms with E-state index in [4.69, 9.17) is 4.74 Å². The van der Waals surface area contributed by atoms with Gasteiger partial charge in [0.05, 0.1) is 12.6 Å². The molecule has 0 N–H and O–H groups in total. The van der Waals surface area contributed by atoms with Gasteiger partial charge in [-0.1, -0.05) is 6.07 Å². The normalized spacial score (nSPS) is 26.3. The lowest BCUT2D eigenvalue weighted by Gasteiger charge is -2.13. The fourth-order valence-corrected chi connectivity index (χ4v) is 2.20. The summed E-state index contributed by atoms with van der Waals surface area (Å²) in [5.41, 5.74) is -0.419. The van der Waals surface area contributed by atoms with Crippen LogP contribution in [0.15, 0.2) is 30.9 Å². The molecule has 1 fully saturated rings. The molecule has 1 aromatic heterocycles. The molecule has 6 heteroatoms. The van der Waals surface area contributed by atoms with Crippen molar-refractivity contribution in [3.63, 3.8) is 0 Å². The van der Waals surface area contributed by atoms with E-state index in [1.165, 1.54) is 24.8 Å². The van der Waals surface area contributed by atoms with Crippen molar-refractivity contribution in [1.29, 1.82) is 0 Å². The van der Waals surface area contributed by atoms with Crippen LogP contribution in [0.4, 0.5) is 8.78 Å². The smallest absolute Gasteiger partial charge is 0.142 e. The molecule has 2 heterocycles. The van der Waals surface area contributed by atoms with Crippen molar-refractivity contribution in [3.05, 3.63) is 48.1 Å². The standard InChI is InChI=1S/C12H11F2N3O/c1-8-12(18-8,5-17-7-15-6-16-17)10-3-2-9(13)4-11(10)14/h2-4,6-8H,5H2,1H3. The average Bonchev–Trinajstić information content (AvgIpc) is 2.75. The van der Waals surface area contributed by atoms with Gasteiger partial charge in [-0.2, -0.15) is 5.10 Å². The maximum Gasteiger partial charge on any atom is 0.142 e. The van der Waals surface area contributed by atoms with Gasteiger partial charge in [0.1, 0.15) is 29.9 Å². The summed E-state index contributed by atoms with van der Waals surface area (Å²) in [7, 11) is 0. The van der Waals surface area contributed by atoms with Crippen LogP contribution in [0.2, 0.25) is 0 Å². The van der Waals surface area contributed by atoms with E-state index >= 15 is 0 Å². The van der Waals surface area contributed by atoms with Crippen LogP contribution in [0.25, 0.3) is 0 Å². The Balaban J connectivity index is 1.97. The van der Waals surface area contributed by atoms with Crippen LogP contribution >= 0.6 is 0 Å². The van der Waals surface area contributed by atoms with Gasteiger partial charge in [-0.15, -0.1) is 0 Å². The van der Waals surface area contributed by atoms with Gasteiger partial charge in [-0.05, 0) is 13.0 Å². The Morgan fingerprint density at radius 3 is 2.78 bits per heavy atom. The van der Waals surface area contributed by atoms with Crippen molar-refractivity contribution >= 4 is 0 Å². The third-order valence-electron chi connectivity index (χ3n) is 3.24. The van der Waals surface area contributed by atoms with E-state index in [2.05, 4.69) is 10.1 Å². The second-order valence-corrected chi connectivity index (χ2v) is 4.37. The first kappa shape index (κ1) is 11.3. The fourth-order valence-electron chi connectivity index (χ4n) is 2.20. The predicted molar refractivity (Wildman–Crippen MR) is 58.6 cm³/mol. The van der Waals surface area contributed by atoms with Crippen LogP contribution in [-0.4, -0.2) is 20.9 Å². The highest BCUT2D eigenvalue weighted by molar-refractivity contribution is 5.30. The molecule has 2 aromatic rings. The first-order chi connectivity index (χ1) is 8.62. The topological polar surface area (TPSA) is 43.2 Å². The number of epoxide rings is 1. The first-order valence-corrected chi connectivity index (χ1v) is 5.57. The third-order valence-corrected chi connectivity index (χ3v) is 3.24. The Bertz CT molecular complexity index is 573. The minimum Gasteiger partial charge on any atom is -0.359 e. The maximum absolute atomic E-state index is 13.8. The van der Waals surface area contributed by atoms with Crippen LogP contribution < -0.4 is 0 Å². The number of ether oxygens (including phenoxy) is 1. The Morgan fingerprint density at radius 2 is 2.22 bits per heavy atom. The van der Waals surface area contributed by atoms with Gasteiger partial charge in [0, 0.05) is 11.6 Å². The number of nitrogens with zero attached hydrogens (tertiary/aromatic N) is 3. The number of benzene rings is 1. The summed E-state index contributed by atoms with van der Waals surface area (Å²) in [6.45, 7) is 2.20. The number of halogens is 2. The van der Waals surface area contributed by atoms with Gasteiger partial charge in [0.15, 0.2) is 0 Å². The summed E-state index contributed by atoms with van der Waals surface area (Å²) in [5.74, 6) is -1.19. The van der Waals surface area contributed by atoms with E-state index in [1.54, 1.807) is 4.68 Å². The van der Waals surface area contributed by atoms with Crippen molar-refractivity contribution in [2.75, 3.05) is 0 Å². The average molecular weight is 251 g/mol. The second-order valence-electron chi connectivity index (χ2n) is 4.37. The number of hydrogen-bond acceptors (Lipinski definition) is 3. The quantitative estimate of drug-likeness (QED) is 0.782. The Hall–Kier alpha value is -1.82. The van der Waals surface area contributed by atoms with Gasteiger partial charge >= 0.3 is 0 Å². The van der Waals surface area contributed by atoms with Crippen molar-refractivity contribution in [2.45, 2.75) is 25.2 Å². The maximum atomic E-state index is 13.8. The lowest BCUT2D eigenvalue weighted by atomic mass is 9.95. The third kappa shape index (κ3) is 1.69. The zero-order valence-corrected chi connectivity index (χ0v) is 9.68. The molecule has 2 unspecified atom stereocenters. The molecule has 0 bridgehead atoms. The highest BCUT2D eigenvalue weighted by atomic mass is 19.1. The van der Waals surface area contributed by atoms with Crippen molar-refractivity contribution in [2.24, 2.45) is 0 Å². The fraction of sp³-hybridized carbons (Fsp3) is 0.333. The molecule has 1 aliphatic rings. The molecule has 0 amide bonds. The second kappa shape index (κ2) is 3.84. The van der Waals surface area contributed by atoms with E-state index in [0.717, 1.165) is 6.07 Å². The van der Waals surface area contributed by atoms with E-state index in [1.807, 2.05) is 6.92 Å². The molecule has 0 spiro atoms. The van der Waals surface area contributed by atoms with E-state index in [0.29, 0.717) is 12.1 Å². The van der Waals surface area contributed by atoms with Crippen LogP contribution in [0.3, 0.4) is 0 Å². The molecule has 94 valence electrons. The highest BCUT2D eigenvalue weighted by Crippen LogP contribution is 2.48. The number of rotatable bonds is 3. The molecule has 1 aromatic carbocycles. The summed E-state index contributed by atoms with van der Waals surface area (Å²) in [6, 6.07) is 3.52. The molecule has 1 aliphatic heterocycles.